The number of hydrogen-bond acceptors (Lipinski definition) is 3. The number of unbranched alkanes of at least 4 members (excludes halogenated alkanes) is 3. The summed E-state index contributed by atoms with van der Waals surface area (Å²) < 4.78 is 0.121. The highest BCUT2D eigenvalue weighted by Crippen LogP contribution is 2.26. The zero-order chi connectivity index (χ0) is 22.1. The van der Waals surface area contributed by atoms with E-state index in [1.807, 2.05) is 60.7 Å². The summed E-state index contributed by atoms with van der Waals surface area (Å²) in [4.78, 5) is 29.1. The second-order valence-corrected chi connectivity index (χ2v) is 7.94. The van der Waals surface area contributed by atoms with E-state index < -0.39 is 11.9 Å². The van der Waals surface area contributed by atoms with Crippen molar-refractivity contribution in [3.63, 3.8) is 0 Å². The first-order valence-electron chi connectivity index (χ1n) is 10.8. The molecule has 0 bridgehead atoms. The molecule has 6 heteroatoms. The minimum absolute atomic E-state index is 0.0875. The maximum Gasteiger partial charge on any atom is 0.360 e. The minimum Gasteiger partial charge on any atom is -0.477 e. The van der Waals surface area contributed by atoms with E-state index in [1.165, 1.54) is 0 Å². The number of carbonyl (C=O) groups is 2. The third-order valence-corrected chi connectivity index (χ3v) is 5.44. The van der Waals surface area contributed by atoms with Crippen LogP contribution in [0.2, 0.25) is 0 Å². The van der Waals surface area contributed by atoms with Gasteiger partial charge in [-0.25, -0.2) is 9.28 Å². The SMILES string of the molecule is CCCCCC[N+]1(CC(=O)O)C=NC(NC(=O)C(c2ccccc2)c2ccccc2)=C1. The van der Waals surface area contributed by atoms with Crippen molar-refractivity contribution < 1.29 is 19.2 Å². The Hall–Kier alpha value is -3.25. The van der Waals surface area contributed by atoms with Crippen LogP contribution in [-0.4, -0.2) is 40.9 Å². The molecule has 3 rings (SSSR count). The number of quaternary nitrogens is 1. The lowest BCUT2D eigenvalue weighted by molar-refractivity contribution is -0.771. The van der Waals surface area contributed by atoms with Gasteiger partial charge in [-0.1, -0.05) is 80.4 Å². The van der Waals surface area contributed by atoms with E-state index in [0.717, 1.165) is 36.8 Å². The largest absolute Gasteiger partial charge is 0.477 e. The average Bonchev–Trinajstić information content (AvgIpc) is 3.14. The van der Waals surface area contributed by atoms with Gasteiger partial charge in [0, 0.05) is 0 Å². The van der Waals surface area contributed by atoms with Crippen LogP contribution in [0, 0.1) is 0 Å². The Kier molecular flexibility index (Phi) is 7.73. The summed E-state index contributed by atoms with van der Waals surface area (Å²) in [5, 5.41) is 12.3. The zero-order valence-corrected chi connectivity index (χ0v) is 17.9. The predicted octanol–water partition coefficient (Wildman–Crippen LogP) is 4.26. The summed E-state index contributed by atoms with van der Waals surface area (Å²) in [7, 11) is 0. The molecule has 1 atom stereocenters. The van der Waals surface area contributed by atoms with Gasteiger partial charge in [0.25, 0.3) is 0 Å². The summed E-state index contributed by atoms with van der Waals surface area (Å²) in [5.74, 6) is -1.16. The van der Waals surface area contributed by atoms with Crippen LogP contribution in [0.3, 0.4) is 0 Å². The number of aliphatic imine (C=N–C) groups is 1. The van der Waals surface area contributed by atoms with Gasteiger partial charge in [-0.2, -0.15) is 4.99 Å². The molecule has 1 heterocycles. The third-order valence-electron chi connectivity index (χ3n) is 5.44. The summed E-state index contributed by atoms with van der Waals surface area (Å²) in [6, 6.07) is 19.2. The van der Waals surface area contributed by atoms with Crippen LogP contribution in [0.25, 0.3) is 0 Å². The maximum atomic E-state index is 13.3. The third kappa shape index (κ3) is 6.12. The quantitative estimate of drug-likeness (QED) is 0.421. The van der Waals surface area contributed by atoms with Crippen molar-refractivity contribution in [2.75, 3.05) is 13.1 Å². The molecular formula is C25H30N3O3+. The van der Waals surface area contributed by atoms with Crippen LogP contribution in [0.5, 0.6) is 0 Å². The smallest absolute Gasteiger partial charge is 0.360 e. The fraction of sp³-hybridized carbons (Fsp3) is 0.320. The monoisotopic (exact) mass is 420 g/mol. The number of nitrogens with one attached hydrogen (secondary N) is 1. The van der Waals surface area contributed by atoms with E-state index >= 15 is 0 Å². The lowest BCUT2D eigenvalue weighted by Gasteiger charge is -2.25. The molecule has 2 aromatic rings. The van der Waals surface area contributed by atoms with E-state index in [1.54, 1.807) is 12.5 Å². The Morgan fingerprint density at radius 2 is 1.58 bits per heavy atom. The summed E-state index contributed by atoms with van der Waals surface area (Å²) in [6.07, 6.45) is 7.57. The second kappa shape index (κ2) is 10.7. The molecule has 0 saturated heterocycles. The van der Waals surface area contributed by atoms with Crippen molar-refractivity contribution in [2.45, 2.75) is 38.5 Å². The molecule has 1 aliphatic heterocycles. The van der Waals surface area contributed by atoms with Crippen LogP contribution in [0.15, 0.2) is 77.7 Å². The van der Waals surface area contributed by atoms with E-state index in [2.05, 4.69) is 17.2 Å². The van der Waals surface area contributed by atoms with Crippen LogP contribution >= 0.6 is 0 Å². The Balaban J connectivity index is 1.79. The lowest BCUT2D eigenvalue weighted by Crippen LogP contribution is -2.45. The van der Waals surface area contributed by atoms with Gasteiger partial charge in [0.1, 0.15) is 6.20 Å². The van der Waals surface area contributed by atoms with E-state index in [-0.39, 0.29) is 16.9 Å². The molecule has 0 fully saturated rings. The first-order chi connectivity index (χ1) is 15.0. The molecule has 31 heavy (non-hydrogen) atoms. The van der Waals surface area contributed by atoms with Crippen molar-refractivity contribution in [3.8, 4) is 0 Å². The molecule has 0 aromatic heterocycles. The molecule has 2 aromatic carbocycles. The summed E-state index contributed by atoms with van der Waals surface area (Å²) in [5.41, 5.74) is 1.78. The zero-order valence-electron chi connectivity index (χ0n) is 17.9. The molecule has 0 saturated carbocycles. The Bertz CT molecular complexity index is 901. The summed E-state index contributed by atoms with van der Waals surface area (Å²) in [6.45, 7) is 2.70. The topological polar surface area (TPSA) is 78.8 Å². The number of carboxylic acid groups (broad SMARTS) is 1. The van der Waals surface area contributed by atoms with Gasteiger partial charge >= 0.3 is 5.97 Å². The Morgan fingerprint density at radius 3 is 2.13 bits per heavy atom. The highest BCUT2D eigenvalue weighted by molar-refractivity contribution is 5.88. The highest BCUT2D eigenvalue weighted by Gasteiger charge is 2.33. The molecule has 0 radical (unpaired) electrons. The number of hydrogen-bond donors (Lipinski definition) is 2. The second-order valence-electron chi connectivity index (χ2n) is 7.94. The van der Waals surface area contributed by atoms with Gasteiger partial charge in [0.2, 0.25) is 5.91 Å². The molecule has 2 N–H and O–H groups in total. The standard InChI is InChI=1S/C25H29N3O3/c1-2-3-4-11-16-28(18-23(29)30)17-22(26-19-28)27-25(31)24(20-12-7-5-8-13-20)21-14-9-6-10-15-21/h5-10,12-15,17,19,24H,2-4,11,16,18H2,1H3,(H-,27,29,30,31)/p+1. The van der Waals surface area contributed by atoms with Gasteiger partial charge in [-0.15, -0.1) is 0 Å². The van der Waals surface area contributed by atoms with Crippen molar-refractivity contribution in [1.29, 1.82) is 0 Å². The predicted molar refractivity (Wildman–Crippen MR) is 121 cm³/mol. The minimum atomic E-state index is -0.891. The summed E-state index contributed by atoms with van der Waals surface area (Å²) >= 11 is 0. The van der Waals surface area contributed by atoms with Crippen LogP contribution in [0.4, 0.5) is 0 Å². The van der Waals surface area contributed by atoms with Gasteiger partial charge in [-0.05, 0) is 24.0 Å². The van der Waals surface area contributed by atoms with E-state index in [0.29, 0.717) is 12.4 Å². The number of carboxylic acids is 1. The average molecular weight is 421 g/mol. The maximum absolute atomic E-state index is 13.3. The Morgan fingerprint density at radius 1 is 0.968 bits per heavy atom. The van der Waals surface area contributed by atoms with Gasteiger partial charge in [-0.3, -0.25) is 4.79 Å². The van der Waals surface area contributed by atoms with E-state index in [4.69, 9.17) is 0 Å². The molecule has 162 valence electrons. The number of amides is 1. The number of carbonyl (C=O) groups excluding carboxylic acids is 1. The normalized spacial score (nSPS) is 17.5. The molecule has 1 aliphatic rings. The molecular weight excluding hydrogens is 390 g/mol. The van der Waals surface area contributed by atoms with Crippen molar-refractivity contribution in [2.24, 2.45) is 4.99 Å². The van der Waals surface area contributed by atoms with Crippen molar-refractivity contribution >= 4 is 18.2 Å². The number of benzene rings is 2. The number of rotatable bonds is 11. The lowest BCUT2D eigenvalue weighted by atomic mass is 9.90. The molecule has 1 amide bonds. The number of aliphatic carboxylic acids is 1. The van der Waals surface area contributed by atoms with Crippen molar-refractivity contribution in [1.82, 2.24) is 5.32 Å². The van der Waals surface area contributed by atoms with Crippen LogP contribution < -0.4 is 5.32 Å². The van der Waals surface area contributed by atoms with E-state index in [9.17, 15) is 14.7 Å². The highest BCUT2D eigenvalue weighted by atomic mass is 16.4. The van der Waals surface area contributed by atoms with Crippen molar-refractivity contribution in [3.05, 3.63) is 83.8 Å². The van der Waals surface area contributed by atoms with Crippen LogP contribution in [0.1, 0.15) is 49.7 Å². The number of nitrogens with zero attached hydrogens (tertiary/aromatic N) is 2. The van der Waals surface area contributed by atoms with Crippen LogP contribution in [-0.2, 0) is 9.59 Å². The Labute approximate surface area is 183 Å². The fourth-order valence-corrected chi connectivity index (χ4v) is 3.91. The molecule has 0 aliphatic carbocycles. The first-order valence-corrected chi connectivity index (χ1v) is 10.8. The van der Waals surface area contributed by atoms with Gasteiger partial charge in [0.15, 0.2) is 18.7 Å². The fourth-order valence-electron chi connectivity index (χ4n) is 3.91. The van der Waals surface area contributed by atoms with Gasteiger partial charge in [0.05, 0.1) is 12.5 Å². The molecule has 6 nitrogen and oxygen atoms in total. The first kappa shape index (κ1) is 22.4. The molecule has 1 unspecified atom stereocenters. The molecule has 0 spiro atoms. The van der Waals surface area contributed by atoms with Gasteiger partial charge < -0.3 is 10.4 Å².